The summed E-state index contributed by atoms with van der Waals surface area (Å²) in [5.41, 5.74) is 1.73. The van der Waals surface area contributed by atoms with Crippen LogP contribution in [0.2, 0.25) is 0 Å². The fraction of sp³-hybridized carbons (Fsp3) is 0.556. The summed E-state index contributed by atoms with van der Waals surface area (Å²) in [6.45, 7) is 1.97. The van der Waals surface area contributed by atoms with Gasteiger partial charge in [-0.3, -0.25) is 9.59 Å². The summed E-state index contributed by atoms with van der Waals surface area (Å²) in [5, 5.41) is 8.54. The number of ketones is 1. The first kappa shape index (κ1) is 18.2. The van der Waals surface area contributed by atoms with Crippen LogP contribution in [0.15, 0.2) is 18.2 Å². The third-order valence-electron chi connectivity index (χ3n) is 3.70. The van der Waals surface area contributed by atoms with Crippen LogP contribution in [0.25, 0.3) is 0 Å². The number of carbonyl (C=O) groups excluding carboxylic acids is 1. The van der Waals surface area contributed by atoms with Gasteiger partial charge in [-0.1, -0.05) is 37.3 Å². The molecule has 0 unspecified atom stereocenters. The largest absolute Gasteiger partial charge is 0.496 e. The van der Waals surface area contributed by atoms with E-state index >= 15 is 0 Å². The second-order valence-corrected chi connectivity index (χ2v) is 5.64. The maximum atomic E-state index is 12.2. The van der Waals surface area contributed by atoms with Crippen molar-refractivity contribution in [1.82, 2.24) is 0 Å². The van der Waals surface area contributed by atoms with Crippen LogP contribution >= 0.6 is 0 Å². The van der Waals surface area contributed by atoms with Crippen molar-refractivity contribution in [2.24, 2.45) is 0 Å². The van der Waals surface area contributed by atoms with E-state index in [0.717, 1.165) is 44.1 Å². The minimum atomic E-state index is -0.724. The van der Waals surface area contributed by atoms with Gasteiger partial charge in [0.05, 0.1) is 12.7 Å². The zero-order valence-corrected chi connectivity index (χ0v) is 13.6. The molecule has 0 aliphatic heterocycles. The lowest BCUT2D eigenvalue weighted by molar-refractivity contribution is -0.137. The molecule has 1 aromatic carbocycles. The van der Waals surface area contributed by atoms with Gasteiger partial charge in [0.1, 0.15) is 5.75 Å². The van der Waals surface area contributed by atoms with Crippen LogP contribution in [0.5, 0.6) is 5.75 Å². The van der Waals surface area contributed by atoms with Crippen molar-refractivity contribution in [2.45, 2.75) is 58.3 Å². The van der Waals surface area contributed by atoms with Gasteiger partial charge in [0.25, 0.3) is 0 Å². The Hall–Kier alpha value is -1.84. The first-order valence-electron chi connectivity index (χ1n) is 7.94. The van der Waals surface area contributed by atoms with Gasteiger partial charge in [-0.2, -0.15) is 0 Å². The highest BCUT2D eigenvalue weighted by atomic mass is 16.5. The minimum absolute atomic E-state index is 0.131. The molecule has 122 valence electrons. The van der Waals surface area contributed by atoms with Gasteiger partial charge in [-0.05, 0) is 31.9 Å². The Morgan fingerprint density at radius 2 is 1.59 bits per heavy atom. The summed E-state index contributed by atoms with van der Waals surface area (Å²) in [6, 6.07) is 5.66. The molecular weight excluding hydrogens is 280 g/mol. The number of benzene rings is 1. The number of ether oxygens (including phenoxy) is 1. The maximum absolute atomic E-state index is 12.2. The van der Waals surface area contributed by atoms with Crippen molar-refractivity contribution < 1.29 is 19.4 Å². The Balaban J connectivity index is 2.24. The highest BCUT2D eigenvalue weighted by Gasteiger charge is 2.11. The number of unbranched alkanes of at least 4 members (excludes halogenated alkanes) is 5. The topological polar surface area (TPSA) is 63.6 Å². The number of hydrogen-bond donors (Lipinski definition) is 1. The number of rotatable bonds is 11. The van der Waals surface area contributed by atoms with Gasteiger partial charge in [-0.25, -0.2) is 0 Å². The Morgan fingerprint density at radius 3 is 2.18 bits per heavy atom. The molecule has 0 aliphatic carbocycles. The summed E-state index contributed by atoms with van der Waals surface area (Å²) in [4.78, 5) is 22.6. The Labute approximate surface area is 132 Å². The number of methoxy groups -OCH3 is 1. The average molecular weight is 306 g/mol. The molecule has 1 rings (SSSR count). The molecule has 0 saturated heterocycles. The van der Waals surface area contributed by atoms with Crippen molar-refractivity contribution in [1.29, 1.82) is 0 Å². The van der Waals surface area contributed by atoms with Crippen molar-refractivity contribution in [3.8, 4) is 5.75 Å². The number of aliphatic carboxylic acids is 1. The Kier molecular flexibility index (Phi) is 8.26. The van der Waals surface area contributed by atoms with E-state index in [2.05, 4.69) is 0 Å². The number of hydrogen-bond acceptors (Lipinski definition) is 3. The smallest absolute Gasteiger partial charge is 0.303 e. The van der Waals surface area contributed by atoms with E-state index < -0.39 is 5.97 Å². The SMILES string of the molecule is COc1ccc(C)cc1C(=O)CCCCCCCCC(=O)O. The van der Waals surface area contributed by atoms with Gasteiger partial charge in [0, 0.05) is 12.8 Å². The third kappa shape index (κ3) is 6.74. The quantitative estimate of drug-likeness (QED) is 0.486. The van der Waals surface area contributed by atoms with E-state index in [1.54, 1.807) is 7.11 Å². The second kappa shape index (κ2) is 9.98. The third-order valence-corrected chi connectivity index (χ3v) is 3.70. The summed E-state index contributed by atoms with van der Waals surface area (Å²) in [7, 11) is 1.58. The predicted molar refractivity (Wildman–Crippen MR) is 86.6 cm³/mol. The first-order valence-corrected chi connectivity index (χ1v) is 7.94. The molecule has 0 spiro atoms. The number of carboxylic acid groups (broad SMARTS) is 1. The molecule has 0 fully saturated rings. The fourth-order valence-corrected chi connectivity index (χ4v) is 2.44. The Morgan fingerprint density at radius 1 is 1.00 bits per heavy atom. The van der Waals surface area contributed by atoms with Crippen molar-refractivity contribution in [3.05, 3.63) is 29.3 Å². The molecule has 0 bridgehead atoms. The summed E-state index contributed by atoms with van der Waals surface area (Å²) in [5.74, 6) is 0.0494. The van der Waals surface area contributed by atoms with Crippen LogP contribution in [0, 0.1) is 6.92 Å². The zero-order chi connectivity index (χ0) is 16.4. The van der Waals surface area contributed by atoms with E-state index in [0.29, 0.717) is 17.7 Å². The number of Topliss-reactive ketones (excluding diaryl/α,β-unsaturated/α-hetero) is 1. The maximum Gasteiger partial charge on any atom is 0.303 e. The highest BCUT2D eigenvalue weighted by molar-refractivity contribution is 5.98. The van der Waals surface area contributed by atoms with Crippen LogP contribution in [0.1, 0.15) is 67.3 Å². The molecule has 0 saturated carbocycles. The summed E-state index contributed by atoms with van der Waals surface area (Å²) >= 11 is 0. The molecule has 1 N–H and O–H groups in total. The average Bonchev–Trinajstić information content (AvgIpc) is 2.49. The molecule has 0 atom stereocenters. The van der Waals surface area contributed by atoms with E-state index in [1.165, 1.54) is 0 Å². The molecular formula is C18H26O4. The molecule has 1 aromatic rings. The molecule has 0 amide bonds. The van der Waals surface area contributed by atoms with E-state index in [1.807, 2.05) is 25.1 Å². The Bertz CT molecular complexity index is 494. The molecule has 22 heavy (non-hydrogen) atoms. The van der Waals surface area contributed by atoms with Crippen LogP contribution < -0.4 is 4.74 Å². The molecule has 0 aromatic heterocycles. The molecule has 0 heterocycles. The monoisotopic (exact) mass is 306 g/mol. The molecule has 0 radical (unpaired) electrons. The number of carbonyl (C=O) groups is 2. The second-order valence-electron chi connectivity index (χ2n) is 5.64. The molecule has 4 nitrogen and oxygen atoms in total. The standard InChI is InChI=1S/C18H26O4/c1-14-11-12-17(22-2)15(13-14)16(19)9-7-5-3-4-6-8-10-18(20)21/h11-13H,3-10H2,1-2H3,(H,20,21). The first-order chi connectivity index (χ1) is 10.5. The minimum Gasteiger partial charge on any atom is -0.496 e. The van der Waals surface area contributed by atoms with Crippen molar-refractivity contribution in [3.63, 3.8) is 0 Å². The highest BCUT2D eigenvalue weighted by Crippen LogP contribution is 2.22. The predicted octanol–water partition coefficient (Wildman–Crippen LogP) is 4.39. The van der Waals surface area contributed by atoms with Crippen molar-refractivity contribution in [2.75, 3.05) is 7.11 Å². The van der Waals surface area contributed by atoms with Crippen LogP contribution in [0.4, 0.5) is 0 Å². The van der Waals surface area contributed by atoms with Crippen molar-refractivity contribution >= 4 is 11.8 Å². The van der Waals surface area contributed by atoms with E-state index in [-0.39, 0.29) is 12.2 Å². The van der Waals surface area contributed by atoms with Gasteiger partial charge < -0.3 is 9.84 Å². The zero-order valence-electron chi connectivity index (χ0n) is 13.6. The lowest BCUT2D eigenvalue weighted by Gasteiger charge is -2.08. The van der Waals surface area contributed by atoms with Gasteiger partial charge in [-0.15, -0.1) is 0 Å². The summed E-state index contributed by atoms with van der Waals surface area (Å²) in [6.07, 6.45) is 6.45. The lowest BCUT2D eigenvalue weighted by Crippen LogP contribution is -2.02. The van der Waals surface area contributed by atoms with E-state index in [9.17, 15) is 9.59 Å². The van der Waals surface area contributed by atoms with Crippen LogP contribution in [-0.4, -0.2) is 24.0 Å². The normalized spacial score (nSPS) is 10.5. The number of carboxylic acids is 1. The van der Waals surface area contributed by atoms with Crippen LogP contribution in [-0.2, 0) is 4.79 Å². The van der Waals surface area contributed by atoms with Gasteiger partial charge in [0.2, 0.25) is 0 Å². The lowest BCUT2D eigenvalue weighted by atomic mass is 10.0. The summed E-state index contributed by atoms with van der Waals surface area (Å²) < 4.78 is 5.24. The molecule has 4 heteroatoms. The molecule has 0 aliphatic rings. The van der Waals surface area contributed by atoms with E-state index in [4.69, 9.17) is 9.84 Å². The fourth-order valence-electron chi connectivity index (χ4n) is 2.44. The number of aryl methyl sites for hydroxylation is 1. The van der Waals surface area contributed by atoms with Gasteiger partial charge >= 0.3 is 5.97 Å². The van der Waals surface area contributed by atoms with Crippen LogP contribution in [0.3, 0.4) is 0 Å². The van der Waals surface area contributed by atoms with Gasteiger partial charge in [0.15, 0.2) is 5.78 Å².